The molecule has 3 aliphatic rings. The Bertz CT molecular complexity index is 1580. The summed E-state index contributed by atoms with van der Waals surface area (Å²) in [6, 6.07) is 22.4. The molecular weight excluding hydrogens is 595 g/mol. The lowest BCUT2D eigenvalue weighted by molar-refractivity contribution is 0.0585. The molecule has 8 heteroatoms. The number of fused-ring (bicyclic) bond motifs is 4. The lowest BCUT2D eigenvalue weighted by atomic mass is 9.54. The fourth-order valence-corrected chi connectivity index (χ4v) is 7.42. The van der Waals surface area contributed by atoms with Crippen molar-refractivity contribution in [3.63, 3.8) is 0 Å². The Morgan fingerprint density at radius 1 is 1.02 bits per heavy atom. The van der Waals surface area contributed by atoms with Crippen molar-refractivity contribution in [3.05, 3.63) is 111 Å². The maximum absolute atomic E-state index is 13.9. The van der Waals surface area contributed by atoms with Crippen LogP contribution in [0.25, 0.3) is 11.6 Å². The Morgan fingerprint density at radius 3 is 2.48 bits per heavy atom. The summed E-state index contributed by atoms with van der Waals surface area (Å²) in [6.45, 7) is 0.335. The average Bonchev–Trinajstić information content (AvgIpc) is 2.99. The summed E-state index contributed by atoms with van der Waals surface area (Å²) >= 11 is 3.50. The summed E-state index contributed by atoms with van der Waals surface area (Å²) in [6.07, 6.45) is 3.36. The number of ketones is 2. The van der Waals surface area contributed by atoms with Gasteiger partial charge in [-0.25, -0.2) is 0 Å². The van der Waals surface area contributed by atoms with Crippen LogP contribution in [0.1, 0.15) is 51.1 Å². The number of Topliss-reactive ketones (excluding diaryl/α,β-unsaturated/α-hetero) is 2. The molecule has 1 aliphatic heterocycles. The number of allylic oxidation sites excluding steroid dienone is 1. The third kappa shape index (κ3) is 5.44. The number of benzene rings is 3. The van der Waals surface area contributed by atoms with Crippen LogP contribution in [0.5, 0.6) is 5.75 Å². The summed E-state index contributed by atoms with van der Waals surface area (Å²) in [4.78, 5) is 27.5. The summed E-state index contributed by atoms with van der Waals surface area (Å²) < 4.78 is 12.6. The molecule has 2 N–H and O–H groups in total. The van der Waals surface area contributed by atoms with Crippen LogP contribution in [0.2, 0.25) is 6.32 Å². The third-order valence-corrected chi connectivity index (χ3v) is 9.31. The van der Waals surface area contributed by atoms with Gasteiger partial charge in [0.2, 0.25) is 0 Å². The standard InChI is InChI=1S/C34H32BBrO6/c1-41-19-23-17-27-32(34(39)26-10-6-5-9-25(26)33(27)38)28-18-35(40)42-30(31(23)28)14-11-21(20-7-3-2-4-8-20)15-22-16-24(36)12-13-29(22)37/h2-10,12-13,15-16,27-28,30,32,37,40H,11,14,17-19H2,1H3/b21-15-/t27-,28+,30-,32-/m1/s1. The molecule has 4 atom stereocenters. The molecule has 3 aromatic rings. The second-order valence-corrected chi connectivity index (χ2v) is 12.2. The van der Waals surface area contributed by atoms with E-state index in [0.717, 1.165) is 26.8 Å². The predicted molar refractivity (Wildman–Crippen MR) is 166 cm³/mol. The molecule has 0 bridgehead atoms. The van der Waals surface area contributed by atoms with Gasteiger partial charge in [-0.2, -0.15) is 0 Å². The maximum atomic E-state index is 13.9. The van der Waals surface area contributed by atoms with E-state index in [1.54, 1.807) is 43.5 Å². The third-order valence-electron chi connectivity index (χ3n) is 8.82. The van der Waals surface area contributed by atoms with Crippen molar-refractivity contribution in [1.29, 1.82) is 0 Å². The van der Waals surface area contributed by atoms with Crippen LogP contribution < -0.4 is 0 Å². The predicted octanol–water partition coefficient (Wildman–Crippen LogP) is 6.63. The Labute approximate surface area is 254 Å². The second-order valence-electron chi connectivity index (χ2n) is 11.3. The molecule has 214 valence electrons. The lowest BCUT2D eigenvalue weighted by Crippen LogP contribution is -2.51. The number of hydrogen-bond donors (Lipinski definition) is 2. The van der Waals surface area contributed by atoms with E-state index in [0.29, 0.717) is 42.6 Å². The van der Waals surface area contributed by atoms with Gasteiger partial charge in [0.15, 0.2) is 11.6 Å². The van der Waals surface area contributed by atoms with Crippen LogP contribution in [0.15, 0.2) is 88.4 Å². The monoisotopic (exact) mass is 626 g/mol. The molecule has 6 rings (SSSR count). The zero-order valence-electron chi connectivity index (χ0n) is 23.3. The first-order valence-electron chi connectivity index (χ1n) is 14.3. The highest BCUT2D eigenvalue weighted by Gasteiger charge is 2.53. The van der Waals surface area contributed by atoms with Gasteiger partial charge >= 0.3 is 7.12 Å². The van der Waals surface area contributed by atoms with Gasteiger partial charge in [0, 0.05) is 40.1 Å². The van der Waals surface area contributed by atoms with E-state index in [2.05, 4.69) is 15.9 Å². The van der Waals surface area contributed by atoms with Gasteiger partial charge in [-0.05, 0) is 78.1 Å². The van der Waals surface area contributed by atoms with E-state index in [1.165, 1.54) is 0 Å². The Balaban J connectivity index is 1.37. The quantitative estimate of drug-likeness (QED) is 0.174. The van der Waals surface area contributed by atoms with Gasteiger partial charge in [0.1, 0.15) is 5.75 Å². The number of halogens is 1. The van der Waals surface area contributed by atoms with Gasteiger partial charge in [-0.3, -0.25) is 9.59 Å². The van der Waals surface area contributed by atoms with E-state index < -0.39 is 25.1 Å². The molecule has 0 amide bonds. The first-order valence-corrected chi connectivity index (χ1v) is 15.1. The van der Waals surface area contributed by atoms with Crippen LogP contribution in [0.4, 0.5) is 0 Å². The molecule has 0 unspecified atom stereocenters. The number of rotatable bonds is 7. The summed E-state index contributed by atoms with van der Waals surface area (Å²) in [5.41, 5.74) is 5.64. The van der Waals surface area contributed by atoms with E-state index in [4.69, 9.17) is 9.39 Å². The zero-order chi connectivity index (χ0) is 29.4. The van der Waals surface area contributed by atoms with Crippen molar-refractivity contribution >= 4 is 46.3 Å². The van der Waals surface area contributed by atoms with Crippen molar-refractivity contribution in [2.45, 2.75) is 31.7 Å². The molecule has 0 spiro atoms. The summed E-state index contributed by atoms with van der Waals surface area (Å²) in [7, 11) is 0.580. The molecule has 0 saturated carbocycles. The normalized spacial score (nSPS) is 23.9. The van der Waals surface area contributed by atoms with Gasteiger partial charge in [-0.1, -0.05) is 70.5 Å². The topological polar surface area (TPSA) is 93.1 Å². The highest BCUT2D eigenvalue weighted by atomic mass is 79.9. The van der Waals surface area contributed by atoms with Crippen LogP contribution in [-0.2, 0) is 9.39 Å². The average molecular weight is 627 g/mol. The van der Waals surface area contributed by atoms with Crippen molar-refractivity contribution in [1.82, 2.24) is 0 Å². The summed E-state index contributed by atoms with van der Waals surface area (Å²) in [5, 5.41) is 21.5. The number of carbonyl (C=O) groups excluding carboxylic acids is 2. The Kier molecular flexibility index (Phi) is 8.32. The van der Waals surface area contributed by atoms with Crippen LogP contribution in [0.3, 0.4) is 0 Å². The minimum atomic E-state index is -1.05. The van der Waals surface area contributed by atoms with Crippen molar-refractivity contribution < 1.29 is 29.1 Å². The Hall–Kier alpha value is -3.30. The molecule has 6 nitrogen and oxygen atoms in total. The molecule has 2 aliphatic carbocycles. The molecule has 1 saturated heterocycles. The molecule has 1 heterocycles. The smallest absolute Gasteiger partial charge is 0.455 e. The number of phenolic OH excluding ortho intramolecular Hbond substituents is 1. The summed E-state index contributed by atoms with van der Waals surface area (Å²) in [5.74, 6) is -1.19. The highest BCUT2D eigenvalue weighted by molar-refractivity contribution is 9.10. The van der Waals surface area contributed by atoms with Gasteiger partial charge in [-0.15, -0.1) is 0 Å². The lowest BCUT2D eigenvalue weighted by Gasteiger charge is -2.47. The van der Waals surface area contributed by atoms with Gasteiger partial charge < -0.3 is 19.5 Å². The van der Waals surface area contributed by atoms with Gasteiger partial charge in [0.05, 0.1) is 12.7 Å². The molecule has 42 heavy (non-hydrogen) atoms. The largest absolute Gasteiger partial charge is 0.507 e. The van der Waals surface area contributed by atoms with Crippen LogP contribution in [0, 0.1) is 17.8 Å². The molecular formula is C34H32BBrO6. The highest BCUT2D eigenvalue weighted by Crippen LogP contribution is 2.51. The SMILES string of the molecule is COCC1=C2[C@@H](CC/C(=C/c3cc(Br)ccc3O)c3ccccc3)OB(O)C[C@@H]2[C@@H]2C(=O)c3ccccc3C(=O)[C@@H]2C1. The number of phenols is 1. The van der Waals surface area contributed by atoms with Crippen LogP contribution in [-0.4, -0.2) is 48.6 Å². The molecule has 0 radical (unpaired) electrons. The fraction of sp³-hybridized carbons (Fsp3) is 0.294. The molecule has 1 fully saturated rings. The first-order chi connectivity index (χ1) is 20.4. The van der Waals surface area contributed by atoms with Crippen molar-refractivity contribution in [3.8, 4) is 5.75 Å². The molecule has 0 aromatic heterocycles. The number of ether oxygens (including phenoxy) is 1. The van der Waals surface area contributed by atoms with Crippen molar-refractivity contribution in [2.75, 3.05) is 13.7 Å². The van der Waals surface area contributed by atoms with E-state index >= 15 is 0 Å². The minimum absolute atomic E-state index is 0.0106. The number of methoxy groups -OCH3 is 1. The van der Waals surface area contributed by atoms with E-state index in [1.807, 2.05) is 42.5 Å². The first kappa shape index (κ1) is 28.8. The van der Waals surface area contributed by atoms with Gasteiger partial charge in [0.25, 0.3) is 0 Å². The van der Waals surface area contributed by atoms with E-state index in [9.17, 15) is 19.7 Å². The fourth-order valence-electron chi connectivity index (χ4n) is 7.04. The minimum Gasteiger partial charge on any atom is -0.507 e. The maximum Gasteiger partial charge on any atom is 0.455 e. The number of aromatic hydroxyl groups is 1. The Morgan fingerprint density at radius 2 is 1.74 bits per heavy atom. The zero-order valence-corrected chi connectivity index (χ0v) is 24.9. The number of hydrogen-bond acceptors (Lipinski definition) is 6. The van der Waals surface area contributed by atoms with Crippen molar-refractivity contribution in [2.24, 2.45) is 17.8 Å². The van der Waals surface area contributed by atoms with E-state index in [-0.39, 0.29) is 29.6 Å². The second kappa shape index (κ2) is 12.1. The van der Waals surface area contributed by atoms with Crippen LogP contribution >= 0.6 is 15.9 Å². The number of carbonyl (C=O) groups is 2. The molecule has 3 aromatic carbocycles.